The van der Waals surface area contributed by atoms with Gasteiger partial charge in [0.15, 0.2) is 5.76 Å². The molecule has 2 aliphatic heterocycles. The molecular formula is C24H27NO4S. The summed E-state index contributed by atoms with van der Waals surface area (Å²) in [6.07, 6.45) is 2.09. The maximum Gasteiger partial charge on any atom is 0.290 e. The minimum Gasteiger partial charge on any atom is -0.497 e. The Morgan fingerprint density at radius 1 is 1.13 bits per heavy atom. The lowest BCUT2D eigenvalue weighted by molar-refractivity contribution is -0.132. The summed E-state index contributed by atoms with van der Waals surface area (Å²) in [6, 6.07) is 17.8. The van der Waals surface area contributed by atoms with Crippen LogP contribution in [0.25, 0.3) is 4.91 Å². The second kappa shape index (κ2) is 10.0. The highest BCUT2D eigenvalue weighted by Crippen LogP contribution is 2.35. The Labute approximate surface area is 182 Å². The fourth-order valence-electron chi connectivity index (χ4n) is 3.73. The highest BCUT2D eigenvalue weighted by atomic mass is 32.2. The fourth-order valence-corrected chi connectivity index (χ4v) is 4.68. The summed E-state index contributed by atoms with van der Waals surface area (Å²) < 4.78 is 17.0. The lowest BCUT2D eigenvalue weighted by Gasteiger charge is -2.29. The summed E-state index contributed by atoms with van der Waals surface area (Å²) in [6.45, 7) is 2.37. The van der Waals surface area contributed by atoms with E-state index in [1.807, 2.05) is 59.5 Å². The summed E-state index contributed by atoms with van der Waals surface area (Å²) in [5.74, 6) is 2.01. The van der Waals surface area contributed by atoms with E-state index < -0.39 is 0 Å². The van der Waals surface area contributed by atoms with Gasteiger partial charge in [0.1, 0.15) is 5.75 Å². The van der Waals surface area contributed by atoms with E-state index in [-0.39, 0.29) is 12.0 Å². The number of benzene rings is 2. The molecule has 0 aromatic heterocycles. The first-order chi connectivity index (χ1) is 14.7. The van der Waals surface area contributed by atoms with Gasteiger partial charge in [-0.25, -0.2) is 0 Å². The topological polar surface area (TPSA) is 48.0 Å². The molecule has 2 aliphatic rings. The second-order valence-corrected chi connectivity index (χ2v) is 8.50. The minimum atomic E-state index is -0.0765. The number of nitrogens with zero attached hydrogens (tertiary/aromatic N) is 1. The predicted octanol–water partition coefficient (Wildman–Crippen LogP) is 4.34. The Morgan fingerprint density at radius 2 is 1.93 bits per heavy atom. The molecule has 6 heteroatoms. The molecule has 0 bridgehead atoms. The van der Waals surface area contributed by atoms with Crippen LogP contribution in [0.5, 0.6) is 5.75 Å². The van der Waals surface area contributed by atoms with Crippen molar-refractivity contribution in [2.75, 3.05) is 32.6 Å². The molecule has 2 aromatic rings. The van der Waals surface area contributed by atoms with Crippen LogP contribution in [0.15, 0.2) is 60.4 Å². The van der Waals surface area contributed by atoms with Gasteiger partial charge in [-0.05, 0) is 36.1 Å². The molecule has 0 unspecified atom stereocenters. The van der Waals surface area contributed by atoms with Crippen LogP contribution < -0.4 is 4.74 Å². The molecule has 1 atom stereocenters. The van der Waals surface area contributed by atoms with E-state index in [4.69, 9.17) is 14.2 Å². The number of rotatable bonds is 7. The van der Waals surface area contributed by atoms with E-state index in [1.54, 1.807) is 18.9 Å². The summed E-state index contributed by atoms with van der Waals surface area (Å²) in [5, 5.41) is 0. The van der Waals surface area contributed by atoms with Gasteiger partial charge in [0.2, 0.25) is 0 Å². The van der Waals surface area contributed by atoms with Gasteiger partial charge in [0.05, 0.1) is 24.7 Å². The van der Waals surface area contributed by atoms with Gasteiger partial charge >= 0.3 is 0 Å². The van der Waals surface area contributed by atoms with Crippen LogP contribution in [-0.2, 0) is 20.8 Å². The smallest absolute Gasteiger partial charge is 0.290 e. The van der Waals surface area contributed by atoms with Crippen molar-refractivity contribution >= 4 is 22.6 Å². The van der Waals surface area contributed by atoms with Crippen molar-refractivity contribution in [1.82, 2.24) is 4.90 Å². The molecule has 2 heterocycles. The van der Waals surface area contributed by atoms with Gasteiger partial charge in [-0.15, -0.1) is 11.8 Å². The Bertz CT molecular complexity index is 876. The SMILES string of the molecule is COc1ccc(CN(C[C@@H]2CCCO2)C(=O)C2=C(c3ccccc3)SCCO2)cc1. The molecule has 0 saturated carbocycles. The first kappa shape index (κ1) is 20.8. The fraction of sp³-hybridized carbons (Fsp3) is 0.375. The van der Waals surface area contributed by atoms with E-state index in [0.29, 0.717) is 25.5 Å². The Hall–Kier alpha value is -2.44. The van der Waals surface area contributed by atoms with Crippen LogP contribution in [0.4, 0.5) is 0 Å². The first-order valence-corrected chi connectivity index (χ1v) is 11.3. The molecular weight excluding hydrogens is 398 g/mol. The van der Waals surface area contributed by atoms with E-state index in [2.05, 4.69) is 0 Å². The van der Waals surface area contributed by atoms with E-state index in [0.717, 1.165) is 47.0 Å². The molecule has 1 fully saturated rings. The quantitative estimate of drug-likeness (QED) is 0.661. The number of amides is 1. The number of carbonyl (C=O) groups is 1. The van der Waals surface area contributed by atoms with E-state index in [9.17, 15) is 4.79 Å². The number of hydrogen-bond acceptors (Lipinski definition) is 5. The van der Waals surface area contributed by atoms with Crippen LogP contribution in [0.2, 0.25) is 0 Å². The van der Waals surface area contributed by atoms with Gasteiger partial charge in [-0.1, -0.05) is 42.5 Å². The van der Waals surface area contributed by atoms with Gasteiger partial charge in [0.25, 0.3) is 5.91 Å². The average Bonchev–Trinajstić information content (AvgIpc) is 3.32. The minimum absolute atomic E-state index is 0.0733. The lowest BCUT2D eigenvalue weighted by Crippen LogP contribution is -2.39. The highest BCUT2D eigenvalue weighted by molar-refractivity contribution is 8.08. The van der Waals surface area contributed by atoms with Gasteiger partial charge in [0, 0.05) is 25.4 Å². The molecule has 0 spiro atoms. The summed E-state index contributed by atoms with van der Waals surface area (Å²) >= 11 is 1.68. The van der Waals surface area contributed by atoms with Crippen molar-refractivity contribution in [1.29, 1.82) is 0 Å². The highest BCUT2D eigenvalue weighted by Gasteiger charge is 2.30. The molecule has 0 radical (unpaired) electrons. The molecule has 30 heavy (non-hydrogen) atoms. The largest absolute Gasteiger partial charge is 0.497 e. The van der Waals surface area contributed by atoms with Gasteiger partial charge in [-0.2, -0.15) is 0 Å². The third-order valence-electron chi connectivity index (χ3n) is 5.28. The zero-order valence-corrected chi connectivity index (χ0v) is 18.0. The van der Waals surface area contributed by atoms with Crippen molar-refractivity contribution in [2.45, 2.75) is 25.5 Å². The first-order valence-electron chi connectivity index (χ1n) is 10.3. The second-order valence-electron chi connectivity index (χ2n) is 7.39. The van der Waals surface area contributed by atoms with E-state index in [1.165, 1.54) is 0 Å². The van der Waals surface area contributed by atoms with Crippen LogP contribution in [0, 0.1) is 0 Å². The molecule has 1 saturated heterocycles. The normalized spacial score (nSPS) is 18.8. The Balaban J connectivity index is 1.62. The standard InChI is InChI=1S/C24H27NO4S/c1-27-20-11-9-18(10-12-20)16-25(17-21-8-5-13-28-21)24(26)22-23(30-15-14-29-22)19-6-3-2-4-7-19/h2-4,6-7,9-12,21H,5,8,13-17H2,1H3/t21-/m0/s1. The van der Waals surface area contributed by atoms with Crippen molar-refractivity contribution in [3.05, 3.63) is 71.5 Å². The molecule has 2 aromatic carbocycles. The molecule has 4 rings (SSSR count). The van der Waals surface area contributed by atoms with Crippen LogP contribution in [-0.4, -0.2) is 49.5 Å². The maximum absolute atomic E-state index is 13.6. The van der Waals surface area contributed by atoms with Crippen molar-refractivity contribution in [3.8, 4) is 5.75 Å². The summed E-state index contributed by atoms with van der Waals surface area (Å²) in [5.41, 5.74) is 2.07. The van der Waals surface area contributed by atoms with Gasteiger partial charge < -0.3 is 19.1 Å². The Morgan fingerprint density at radius 3 is 2.63 bits per heavy atom. The third kappa shape index (κ3) is 4.99. The monoisotopic (exact) mass is 425 g/mol. The van der Waals surface area contributed by atoms with Crippen LogP contribution in [0.3, 0.4) is 0 Å². The molecule has 5 nitrogen and oxygen atoms in total. The van der Waals surface area contributed by atoms with E-state index >= 15 is 0 Å². The number of ether oxygens (including phenoxy) is 3. The number of hydrogen-bond donors (Lipinski definition) is 0. The summed E-state index contributed by atoms with van der Waals surface area (Å²) in [4.78, 5) is 16.4. The summed E-state index contributed by atoms with van der Waals surface area (Å²) in [7, 11) is 1.65. The maximum atomic E-state index is 13.6. The molecule has 0 aliphatic carbocycles. The molecule has 1 amide bonds. The van der Waals surface area contributed by atoms with Crippen molar-refractivity contribution in [2.24, 2.45) is 0 Å². The van der Waals surface area contributed by atoms with Crippen LogP contribution in [0.1, 0.15) is 24.0 Å². The number of carbonyl (C=O) groups excluding carboxylic acids is 1. The van der Waals surface area contributed by atoms with Crippen LogP contribution >= 0.6 is 11.8 Å². The Kier molecular flexibility index (Phi) is 6.97. The van der Waals surface area contributed by atoms with Gasteiger partial charge in [-0.3, -0.25) is 4.79 Å². The predicted molar refractivity (Wildman–Crippen MR) is 119 cm³/mol. The zero-order chi connectivity index (χ0) is 20.8. The zero-order valence-electron chi connectivity index (χ0n) is 17.2. The third-order valence-corrected chi connectivity index (χ3v) is 6.36. The number of methoxy groups -OCH3 is 1. The lowest BCUT2D eigenvalue weighted by atomic mass is 10.1. The number of thioether (sulfide) groups is 1. The molecule has 158 valence electrons. The molecule has 0 N–H and O–H groups in total. The average molecular weight is 426 g/mol. The van der Waals surface area contributed by atoms with Crippen molar-refractivity contribution < 1.29 is 19.0 Å². The van der Waals surface area contributed by atoms with Crippen molar-refractivity contribution in [3.63, 3.8) is 0 Å².